The van der Waals surface area contributed by atoms with Gasteiger partial charge in [-0.25, -0.2) is 9.18 Å². The van der Waals surface area contributed by atoms with Crippen molar-refractivity contribution in [2.75, 3.05) is 0 Å². The van der Waals surface area contributed by atoms with Crippen molar-refractivity contribution in [3.05, 3.63) is 80.4 Å². The average molecular weight is 376 g/mol. The standard InChI is InChI=1S/C17H11BrFNO3/c18-12-5-6-15-11(7-12)8-13(17(22)23-15)16(21)20-9-10-3-1-2-4-14(10)19/h1-8H,9H2,(H,20,21). The third-order valence-electron chi connectivity index (χ3n) is 3.34. The molecule has 116 valence electrons. The van der Waals surface area contributed by atoms with Crippen molar-refractivity contribution in [1.29, 1.82) is 0 Å². The van der Waals surface area contributed by atoms with Crippen LogP contribution >= 0.6 is 15.9 Å². The van der Waals surface area contributed by atoms with E-state index in [1.54, 1.807) is 36.4 Å². The van der Waals surface area contributed by atoms with E-state index in [2.05, 4.69) is 21.2 Å². The van der Waals surface area contributed by atoms with Crippen LogP contribution < -0.4 is 10.9 Å². The molecule has 0 unspecified atom stereocenters. The number of hydrogen-bond acceptors (Lipinski definition) is 3. The maximum Gasteiger partial charge on any atom is 0.349 e. The van der Waals surface area contributed by atoms with Crippen LogP contribution in [0.3, 0.4) is 0 Å². The lowest BCUT2D eigenvalue weighted by Gasteiger charge is -2.06. The van der Waals surface area contributed by atoms with Crippen molar-refractivity contribution >= 4 is 32.8 Å². The highest BCUT2D eigenvalue weighted by Gasteiger charge is 2.14. The highest BCUT2D eigenvalue weighted by molar-refractivity contribution is 9.10. The van der Waals surface area contributed by atoms with Gasteiger partial charge >= 0.3 is 5.63 Å². The number of carbonyl (C=O) groups is 1. The highest BCUT2D eigenvalue weighted by Crippen LogP contribution is 2.19. The van der Waals surface area contributed by atoms with E-state index in [9.17, 15) is 14.0 Å². The van der Waals surface area contributed by atoms with Crippen molar-refractivity contribution in [3.63, 3.8) is 0 Å². The van der Waals surface area contributed by atoms with E-state index < -0.39 is 17.3 Å². The van der Waals surface area contributed by atoms with Crippen LogP contribution in [0.15, 0.2) is 62.2 Å². The summed E-state index contributed by atoms with van der Waals surface area (Å²) in [4.78, 5) is 24.1. The lowest BCUT2D eigenvalue weighted by Crippen LogP contribution is -2.28. The number of fused-ring (bicyclic) bond motifs is 1. The van der Waals surface area contributed by atoms with Crippen LogP contribution in [0.2, 0.25) is 0 Å². The summed E-state index contributed by atoms with van der Waals surface area (Å²) < 4.78 is 19.5. The minimum atomic E-state index is -0.731. The smallest absolute Gasteiger partial charge is 0.349 e. The second kappa shape index (κ2) is 6.34. The Labute approximate surface area is 139 Å². The molecular weight excluding hydrogens is 365 g/mol. The van der Waals surface area contributed by atoms with E-state index in [1.165, 1.54) is 12.1 Å². The first-order chi connectivity index (χ1) is 11.0. The Morgan fingerprint density at radius 3 is 2.74 bits per heavy atom. The van der Waals surface area contributed by atoms with Crippen LogP contribution in [0.1, 0.15) is 15.9 Å². The maximum atomic E-state index is 13.5. The van der Waals surface area contributed by atoms with E-state index in [1.807, 2.05) is 0 Å². The molecule has 0 saturated heterocycles. The number of rotatable bonds is 3. The first kappa shape index (κ1) is 15.4. The van der Waals surface area contributed by atoms with Gasteiger partial charge in [-0.15, -0.1) is 0 Å². The molecule has 0 aliphatic carbocycles. The monoisotopic (exact) mass is 375 g/mol. The number of halogens is 2. The third kappa shape index (κ3) is 3.32. The lowest BCUT2D eigenvalue weighted by atomic mass is 10.1. The zero-order valence-electron chi connectivity index (χ0n) is 11.8. The quantitative estimate of drug-likeness (QED) is 0.711. The van der Waals surface area contributed by atoms with Crippen molar-refractivity contribution in [3.8, 4) is 0 Å². The summed E-state index contributed by atoms with van der Waals surface area (Å²) in [6.07, 6.45) is 0. The predicted molar refractivity (Wildman–Crippen MR) is 87.8 cm³/mol. The van der Waals surface area contributed by atoms with Crippen LogP contribution in [0.5, 0.6) is 0 Å². The third-order valence-corrected chi connectivity index (χ3v) is 3.83. The summed E-state index contributed by atoms with van der Waals surface area (Å²) in [5.41, 5.74) is -0.115. The van der Waals surface area contributed by atoms with E-state index >= 15 is 0 Å². The van der Waals surface area contributed by atoms with Gasteiger partial charge in [0, 0.05) is 22.0 Å². The number of benzene rings is 2. The molecule has 3 rings (SSSR count). The summed E-state index contributed by atoms with van der Waals surface area (Å²) in [6.45, 7) is -0.0124. The van der Waals surface area contributed by atoms with Gasteiger partial charge in [0.25, 0.3) is 5.91 Å². The fourth-order valence-electron chi connectivity index (χ4n) is 2.17. The van der Waals surface area contributed by atoms with Crippen molar-refractivity contribution in [2.24, 2.45) is 0 Å². The molecule has 1 heterocycles. The minimum Gasteiger partial charge on any atom is -0.422 e. The molecule has 0 radical (unpaired) electrons. The van der Waals surface area contributed by atoms with Crippen LogP contribution in [-0.4, -0.2) is 5.91 Å². The fraction of sp³-hybridized carbons (Fsp3) is 0.0588. The molecule has 1 N–H and O–H groups in total. The first-order valence-electron chi connectivity index (χ1n) is 6.79. The number of carbonyl (C=O) groups excluding carboxylic acids is 1. The SMILES string of the molecule is O=C(NCc1ccccc1F)c1cc2cc(Br)ccc2oc1=O. The van der Waals surface area contributed by atoms with E-state index in [0.717, 1.165) is 4.47 Å². The van der Waals surface area contributed by atoms with E-state index in [-0.39, 0.29) is 12.1 Å². The maximum absolute atomic E-state index is 13.5. The predicted octanol–water partition coefficient (Wildman–Crippen LogP) is 3.62. The number of nitrogens with one attached hydrogen (secondary N) is 1. The Kier molecular flexibility index (Phi) is 4.25. The van der Waals surface area contributed by atoms with Crippen LogP contribution in [0.25, 0.3) is 11.0 Å². The highest BCUT2D eigenvalue weighted by atomic mass is 79.9. The summed E-state index contributed by atoms with van der Waals surface area (Å²) >= 11 is 3.32. The van der Waals surface area contributed by atoms with Gasteiger partial charge in [0.1, 0.15) is 17.0 Å². The van der Waals surface area contributed by atoms with Gasteiger partial charge in [-0.1, -0.05) is 34.1 Å². The molecule has 2 aromatic carbocycles. The molecular formula is C17H11BrFNO3. The molecule has 0 saturated carbocycles. The summed E-state index contributed by atoms with van der Waals surface area (Å²) in [7, 11) is 0. The second-order valence-corrected chi connectivity index (χ2v) is 5.82. The van der Waals surface area contributed by atoms with E-state index in [4.69, 9.17) is 4.42 Å². The second-order valence-electron chi connectivity index (χ2n) is 4.90. The van der Waals surface area contributed by atoms with Crippen molar-refractivity contribution in [1.82, 2.24) is 5.32 Å². The average Bonchev–Trinajstić information content (AvgIpc) is 2.53. The Bertz CT molecular complexity index is 952. The van der Waals surface area contributed by atoms with Crippen LogP contribution in [0.4, 0.5) is 4.39 Å². The summed E-state index contributed by atoms with van der Waals surface area (Å²) in [5.74, 6) is -1.02. The van der Waals surface area contributed by atoms with Crippen molar-refractivity contribution in [2.45, 2.75) is 6.54 Å². The molecule has 0 aliphatic rings. The zero-order valence-corrected chi connectivity index (χ0v) is 13.4. The number of hydrogen-bond donors (Lipinski definition) is 1. The van der Waals surface area contributed by atoms with Crippen molar-refractivity contribution < 1.29 is 13.6 Å². The molecule has 0 bridgehead atoms. The Balaban J connectivity index is 1.87. The molecule has 1 amide bonds. The summed E-state index contributed by atoms with van der Waals surface area (Å²) in [6, 6.07) is 12.7. The Morgan fingerprint density at radius 2 is 1.96 bits per heavy atom. The van der Waals surface area contributed by atoms with Crippen LogP contribution in [-0.2, 0) is 6.54 Å². The molecule has 0 aliphatic heterocycles. The van der Waals surface area contributed by atoms with Crippen LogP contribution in [0, 0.1) is 5.82 Å². The largest absolute Gasteiger partial charge is 0.422 e. The molecule has 0 fully saturated rings. The molecule has 3 aromatic rings. The Morgan fingerprint density at radius 1 is 1.17 bits per heavy atom. The molecule has 0 spiro atoms. The van der Waals surface area contributed by atoms with Gasteiger partial charge in [0.15, 0.2) is 0 Å². The van der Waals surface area contributed by atoms with Gasteiger partial charge in [-0.05, 0) is 30.3 Å². The zero-order chi connectivity index (χ0) is 16.4. The lowest BCUT2D eigenvalue weighted by molar-refractivity contribution is 0.0947. The molecule has 6 heteroatoms. The first-order valence-corrected chi connectivity index (χ1v) is 7.59. The van der Waals surface area contributed by atoms with Gasteiger partial charge in [-0.3, -0.25) is 4.79 Å². The fourth-order valence-corrected chi connectivity index (χ4v) is 2.54. The summed E-state index contributed by atoms with van der Waals surface area (Å²) in [5, 5.41) is 3.15. The van der Waals surface area contributed by atoms with Gasteiger partial charge < -0.3 is 9.73 Å². The van der Waals surface area contributed by atoms with Gasteiger partial charge in [-0.2, -0.15) is 0 Å². The normalized spacial score (nSPS) is 10.7. The topological polar surface area (TPSA) is 59.3 Å². The molecule has 1 aromatic heterocycles. The number of amides is 1. The molecule has 0 atom stereocenters. The Hall–Kier alpha value is -2.47. The van der Waals surface area contributed by atoms with E-state index in [0.29, 0.717) is 16.5 Å². The van der Waals surface area contributed by atoms with Gasteiger partial charge in [0.05, 0.1) is 0 Å². The molecule has 23 heavy (non-hydrogen) atoms. The van der Waals surface area contributed by atoms with Gasteiger partial charge in [0.2, 0.25) is 0 Å². The minimum absolute atomic E-state index is 0.0124. The molecule has 4 nitrogen and oxygen atoms in total.